The minimum atomic E-state index is -0.962. The summed E-state index contributed by atoms with van der Waals surface area (Å²) in [6.07, 6.45) is 0.610. The third kappa shape index (κ3) is 6.20. The Morgan fingerprint density at radius 1 is 1.00 bits per heavy atom. The van der Waals surface area contributed by atoms with E-state index in [0.29, 0.717) is 6.42 Å². The van der Waals surface area contributed by atoms with Crippen LogP contribution in [0.1, 0.15) is 38.1 Å². The Hall–Kier alpha value is -2.89. The maximum absolute atomic E-state index is 12.2. The smallest absolute Gasteiger partial charge is 0.410 e. The molecule has 1 aromatic heterocycles. The van der Waals surface area contributed by atoms with Crippen LogP contribution in [0.15, 0.2) is 54.7 Å². The molecule has 0 radical (unpaired) electrons. The molecule has 2 atom stereocenters. The number of rotatable bonds is 7. The van der Waals surface area contributed by atoms with Crippen LogP contribution in [0.3, 0.4) is 0 Å². The van der Waals surface area contributed by atoms with Gasteiger partial charge in [0, 0.05) is 25.2 Å². The molecule has 0 aliphatic carbocycles. The van der Waals surface area contributed by atoms with Gasteiger partial charge in [-0.1, -0.05) is 50.2 Å². The first-order chi connectivity index (χ1) is 12.5. The number of carbonyl (C=O) groups is 2. The van der Waals surface area contributed by atoms with Gasteiger partial charge in [0.2, 0.25) is 6.29 Å². The molecule has 0 fully saturated rings. The maximum atomic E-state index is 12.2. The van der Waals surface area contributed by atoms with Gasteiger partial charge in [0.25, 0.3) is 0 Å². The van der Waals surface area contributed by atoms with E-state index in [0.717, 1.165) is 11.3 Å². The molecule has 138 valence electrons. The van der Waals surface area contributed by atoms with Crippen molar-refractivity contribution in [2.75, 3.05) is 0 Å². The Labute approximate surface area is 153 Å². The van der Waals surface area contributed by atoms with Gasteiger partial charge in [-0.25, -0.2) is 4.79 Å². The van der Waals surface area contributed by atoms with E-state index in [4.69, 9.17) is 9.47 Å². The molecule has 1 aromatic carbocycles. The molecule has 26 heavy (non-hydrogen) atoms. The van der Waals surface area contributed by atoms with E-state index < -0.39 is 18.4 Å². The van der Waals surface area contributed by atoms with Gasteiger partial charge in [-0.2, -0.15) is 0 Å². The minimum absolute atomic E-state index is 0.287. The number of benzene rings is 1. The number of hydrogen-bond donors (Lipinski definition) is 1. The molecular weight excluding hydrogens is 332 g/mol. The molecule has 0 saturated heterocycles. The number of nitrogens with zero attached hydrogens (tertiary/aromatic N) is 1. The average Bonchev–Trinajstić information content (AvgIpc) is 2.62. The summed E-state index contributed by atoms with van der Waals surface area (Å²) in [5, 5.41) is 2.82. The van der Waals surface area contributed by atoms with E-state index >= 15 is 0 Å². The second-order valence-electron chi connectivity index (χ2n) is 6.20. The van der Waals surface area contributed by atoms with Crippen molar-refractivity contribution in [3.05, 3.63) is 66.0 Å². The van der Waals surface area contributed by atoms with Gasteiger partial charge in [0.05, 0.1) is 12.0 Å². The molecule has 0 bridgehead atoms. The fourth-order valence-corrected chi connectivity index (χ4v) is 2.32. The summed E-state index contributed by atoms with van der Waals surface area (Å²) in [6, 6.07) is 14.9. The zero-order valence-corrected chi connectivity index (χ0v) is 15.2. The van der Waals surface area contributed by atoms with Crippen molar-refractivity contribution in [2.45, 2.75) is 39.5 Å². The first kappa shape index (κ1) is 19.4. The predicted molar refractivity (Wildman–Crippen MR) is 97.1 cm³/mol. The largest absolute Gasteiger partial charge is 0.425 e. The van der Waals surface area contributed by atoms with Gasteiger partial charge < -0.3 is 14.8 Å². The number of esters is 1. The lowest BCUT2D eigenvalue weighted by Crippen LogP contribution is -2.34. The van der Waals surface area contributed by atoms with Gasteiger partial charge in [-0.05, 0) is 17.7 Å². The molecule has 0 unspecified atom stereocenters. The molecule has 1 heterocycles. The molecule has 0 spiro atoms. The third-order valence-electron chi connectivity index (χ3n) is 3.66. The quantitative estimate of drug-likeness (QED) is 0.605. The Morgan fingerprint density at radius 2 is 1.69 bits per heavy atom. The molecule has 0 saturated carbocycles. The van der Waals surface area contributed by atoms with Gasteiger partial charge in [-0.3, -0.25) is 9.78 Å². The van der Waals surface area contributed by atoms with Crippen molar-refractivity contribution in [3.8, 4) is 0 Å². The summed E-state index contributed by atoms with van der Waals surface area (Å²) in [7, 11) is 0. The lowest BCUT2D eigenvalue weighted by Gasteiger charge is -2.21. The van der Waals surface area contributed by atoms with E-state index in [2.05, 4.69) is 10.3 Å². The number of carbonyl (C=O) groups excluding carboxylic acids is 2. The molecule has 0 aliphatic rings. The van der Waals surface area contributed by atoms with E-state index in [1.807, 2.05) is 48.5 Å². The van der Waals surface area contributed by atoms with Crippen molar-refractivity contribution in [1.82, 2.24) is 10.3 Å². The van der Waals surface area contributed by atoms with Crippen LogP contribution in [-0.2, 0) is 20.7 Å². The molecule has 6 heteroatoms. The second-order valence-corrected chi connectivity index (χ2v) is 6.20. The Morgan fingerprint density at radius 3 is 2.31 bits per heavy atom. The molecule has 6 nitrogen and oxygen atoms in total. The van der Waals surface area contributed by atoms with Crippen molar-refractivity contribution in [2.24, 2.45) is 5.92 Å². The number of alkyl carbamates (subject to hydrolysis) is 1. The zero-order chi connectivity index (χ0) is 18.9. The highest BCUT2D eigenvalue weighted by atomic mass is 16.7. The number of nitrogens with one attached hydrogen (secondary N) is 1. The SMILES string of the molecule is CC(C)C(=O)O[C@H](C)OC(=O)N[C@@H](Cc1ccccn1)c1ccccc1. The van der Waals surface area contributed by atoms with Gasteiger partial charge in [0.15, 0.2) is 0 Å². The van der Waals surface area contributed by atoms with Crippen molar-refractivity contribution < 1.29 is 19.1 Å². The third-order valence-corrected chi connectivity index (χ3v) is 3.66. The summed E-state index contributed by atoms with van der Waals surface area (Å²) in [6.45, 7) is 4.94. The van der Waals surface area contributed by atoms with E-state index in [-0.39, 0.29) is 12.0 Å². The van der Waals surface area contributed by atoms with E-state index in [1.165, 1.54) is 6.92 Å². The molecule has 1 amide bonds. The summed E-state index contributed by atoms with van der Waals surface area (Å²) < 4.78 is 10.2. The molecular formula is C20H24N2O4. The van der Waals surface area contributed by atoms with Crippen LogP contribution in [0.2, 0.25) is 0 Å². The molecule has 2 aromatic rings. The van der Waals surface area contributed by atoms with Crippen LogP contribution < -0.4 is 5.32 Å². The van der Waals surface area contributed by atoms with Crippen LogP contribution in [0.25, 0.3) is 0 Å². The Kier molecular flexibility index (Phi) is 7.14. The zero-order valence-electron chi connectivity index (χ0n) is 15.2. The first-order valence-electron chi connectivity index (χ1n) is 8.58. The summed E-state index contributed by atoms with van der Waals surface area (Å²) in [4.78, 5) is 28.1. The van der Waals surface area contributed by atoms with Crippen LogP contribution in [0, 0.1) is 5.92 Å². The van der Waals surface area contributed by atoms with Crippen molar-refractivity contribution >= 4 is 12.1 Å². The van der Waals surface area contributed by atoms with E-state index in [1.54, 1.807) is 20.0 Å². The van der Waals surface area contributed by atoms with E-state index in [9.17, 15) is 9.59 Å². The van der Waals surface area contributed by atoms with Crippen LogP contribution >= 0.6 is 0 Å². The van der Waals surface area contributed by atoms with Crippen molar-refractivity contribution in [1.29, 1.82) is 0 Å². The summed E-state index contributed by atoms with van der Waals surface area (Å²) >= 11 is 0. The molecule has 1 N–H and O–H groups in total. The monoisotopic (exact) mass is 356 g/mol. The second kappa shape index (κ2) is 9.56. The van der Waals surface area contributed by atoms with Crippen LogP contribution in [-0.4, -0.2) is 23.3 Å². The minimum Gasteiger partial charge on any atom is -0.425 e. The standard InChI is InChI=1S/C20H24N2O4/c1-14(2)19(23)25-15(3)26-20(24)22-18(16-9-5-4-6-10-16)13-17-11-7-8-12-21-17/h4-12,14-15,18H,13H2,1-3H3,(H,22,24)/t15-,18-/m0/s1. The lowest BCUT2D eigenvalue weighted by atomic mass is 10.0. The number of ether oxygens (including phenoxy) is 2. The van der Waals surface area contributed by atoms with Crippen molar-refractivity contribution in [3.63, 3.8) is 0 Å². The number of pyridine rings is 1. The van der Waals surface area contributed by atoms with Gasteiger partial charge in [0.1, 0.15) is 0 Å². The predicted octanol–water partition coefficient (Wildman–Crippen LogP) is 3.64. The highest BCUT2D eigenvalue weighted by molar-refractivity contribution is 5.72. The maximum Gasteiger partial charge on any atom is 0.410 e. The van der Waals surface area contributed by atoms with Crippen LogP contribution in [0.5, 0.6) is 0 Å². The first-order valence-corrected chi connectivity index (χ1v) is 8.58. The highest BCUT2D eigenvalue weighted by Crippen LogP contribution is 2.18. The fraction of sp³-hybridized carbons (Fsp3) is 0.350. The number of aromatic nitrogens is 1. The van der Waals surface area contributed by atoms with Crippen LogP contribution in [0.4, 0.5) is 4.79 Å². The molecule has 0 aliphatic heterocycles. The summed E-state index contributed by atoms with van der Waals surface area (Å²) in [5.41, 5.74) is 1.78. The number of amides is 1. The Balaban J connectivity index is 2.02. The normalized spacial score (nSPS) is 12.9. The number of hydrogen-bond acceptors (Lipinski definition) is 5. The topological polar surface area (TPSA) is 77.5 Å². The lowest BCUT2D eigenvalue weighted by molar-refractivity contribution is -0.168. The average molecular weight is 356 g/mol. The fourth-order valence-electron chi connectivity index (χ4n) is 2.32. The summed E-state index contributed by atoms with van der Waals surface area (Å²) in [5.74, 6) is -0.705. The highest BCUT2D eigenvalue weighted by Gasteiger charge is 2.20. The molecule has 2 rings (SSSR count). The Bertz CT molecular complexity index is 704. The van der Waals surface area contributed by atoms with Gasteiger partial charge in [-0.15, -0.1) is 0 Å². The van der Waals surface area contributed by atoms with Gasteiger partial charge >= 0.3 is 12.1 Å².